The molecule has 1 unspecified atom stereocenters. The van der Waals surface area contributed by atoms with Gasteiger partial charge in [0, 0.05) is 15.7 Å². The van der Waals surface area contributed by atoms with E-state index >= 15 is 0 Å². The molecule has 0 aliphatic carbocycles. The van der Waals surface area contributed by atoms with Gasteiger partial charge in [-0.3, -0.25) is 0 Å². The zero-order chi connectivity index (χ0) is 13.7. The lowest BCUT2D eigenvalue weighted by molar-refractivity contribution is 0.991. The van der Waals surface area contributed by atoms with Crippen molar-refractivity contribution < 1.29 is 0 Å². The van der Waals surface area contributed by atoms with Gasteiger partial charge in [-0.05, 0) is 24.3 Å². The molecule has 4 heteroatoms. The molecule has 3 nitrogen and oxygen atoms in total. The first-order chi connectivity index (χ1) is 9.24. The number of hydrogen-bond donors (Lipinski definition) is 1. The van der Waals surface area contributed by atoms with E-state index in [9.17, 15) is 5.26 Å². The van der Waals surface area contributed by atoms with Crippen LogP contribution in [-0.2, 0) is 0 Å². The smallest absolute Gasteiger partial charge is 0.141 e. The van der Waals surface area contributed by atoms with E-state index < -0.39 is 6.04 Å². The summed E-state index contributed by atoms with van der Waals surface area (Å²) < 4.78 is 0.933. The highest BCUT2D eigenvalue weighted by molar-refractivity contribution is 9.10. The third-order valence-electron chi connectivity index (χ3n) is 2.66. The Morgan fingerprint density at radius 3 is 2.53 bits per heavy atom. The van der Waals surface area contributed by atoms with E-state index in [0.29, 0.717) is 11.1 Å². The van der Waals surface area contributed by atoms with Crippen LogP contribution < -0.4 is 5.32 Å². The molecule has 1 atom stereocenters. The number of nitrogens with zero attached hydrogens (tertiary/aromatic N) is 2. The van der Waals surface area contributed by atoms with Crippen molar-refractivity contribution in [2.45, 2.75) is 6.04 Å². The van der Waals surface area contributed by atoms with Crippen LogP contribution in [0.4, 0.5) is 5.69 Å². The van der Waals surface area contributed by atoms with Gasteiger partial charge in [0.1, 0.15) is 6.04 Å². The summed E-state index contributed by atoms with van der Waals surface area (Å²) in [5.74, 6) is 0. The molecule has 0 spiro atoms. The number of anilines is 1. The standard InChI is InChI=1S/C15H10BrN3/c16-12-5-3-6-13(8-12)19-15(10-18)14-7-2-1-4-11(14)9-17/h1-8,15,19H. The summed E-state index contributed by atoms with van der Waals surface area (Å²) in [5.41, 5.74) is 2.03. The van der Waals surface area contributed by atoms with Gasteiger partial charge in [0.2, 0.25) is 0 Å². The van der Waals surface area contributed by atoms with Crippen LogP contribution in [0.1, 0.15) is 17.2 Å². The topological polar surface area (TPSA) is 59.6 Å². The van der Waals surface area contributed by atoms with Crippen molar-refractivity contribution in [3.63, 3.8) is 0 Å². The number of halogens is 1. The fourth-order valence-corrected chi connectivity index (χ4v) is 2.17. The van der Waals surface area contributed by atoms with Crippen molar-refractivity contribution in [3.8, 4) is 12.1 Å². The van der Waals surface area contributed by atoms with Gasteiger partial charge in [-0.1, -0.05) is 40.2 Å². The molecule has 0 radical (unpaired) electrons. The Bertz CT molecular complexity index is 668. The van der Waals surface area contributed by atoms with Crippen LogP contribution in [0.3, 0.4) is 0 Å². The number of benzene rings is 2. The Hall–Kier alpha value is -2.30. The first-order valence-electron chi connectivity index (χ1n) is 5.65. The SMILES string of the molecule is N#Cc1ccccc1C(C#N)Nc1cccc(Br)c1. The molecule has 19 heavy (non-hydrogen) atoms. The Morgan fingerprint density at radius 2 is 1.84 bits per heavy atom. The van der Waals surface area contributed by atoms with Crippen LogP contribution in [0.25, 0.3) is 0 Å². The summed E-state index contributed by atoms with van der Waals surface area (Å²) in [5, 5.41) is 21.5. The van der Waals surface area contributed by atoms with E-state index in [0.717, 1.165) is 10.2 Å². The van der Waals surface area contributed by atoms with E-state index in [1.54, 1.807) is 18.2 Å². The normalized spacial score (nSPS) is 11.1. The molecule has 0 fully saturated rings. The number of hydrogen-bond acceptors (Lipinski definition) is 3. The van der Waals surface area contributed by atoms with Gasteiger partial charge < -0.3 is 5.32 Å². The molecule has 2 aromatic rings. The molecular formula is C15H10BrN3. The van der Waals surface area contributed by atoms with Crippen molar-refractivity contribution in [2.75, 3.05) is 5.32 Å². The van der Waals surface area contributed by atoms with Crippen LogP contribution in [0.5, 0.6) is 0 Å². The quantitative estimate of drug-likeness (QED) is 0.932. The summed E-state index contributed by atoms with van der Waals surface area (Å²) in [4.78, 5) is 0. The maximum absolute atomic E-state index is 9.30. The van der Waals surface area contributed by atoms with Gasteiger partial charge in [-0.25, -0.2) is 0 Å². The molecule has 0 amide bonds. The van der Waals surface area contributed by atoms with Gasteiger partial charge in [0.15, 0.2) is 0 Å². The van der Waals surface area contributed by atoms with Gasteiger partial charge in [-0.2, -0.15) is 10.5 Å². The molecule has 2 rings (SSSR count). The van der Waals surface area contributed by atoms with Crippen molar-refractivity contribution in [3.05, 3.63) is 64.1 Å². The minimum absolute atomic E-state index is 0.511. The van der Waals surface area contributed by atoms with E-state index in [1.807, 2.05) is 30.3 Å². The zero-order valence-corrected chi connectivity index (χ0v) is 11.6. The highest BCUT2D eigenvalue weighted by Crippen LogP contribution is 2.23. The second kappa shape index (κ2) is 6.04. The molecule has 92 valence electrons. The average molecular weight is 312 g/mol. The summed E-state index contributed by atoms with van der Waals surface area (Å²) in [6.45, 7) is 0. The minimum atomic E-state index is -0.551. The minimum Gasteiger partial charge on any atom is -0.366 e. The molecule has 0 heterocycles. The molecular weight excluding hydrogens is 302 g/mol. The summed E-state index contributed by atoms with van der Waals surface area (Å²) in [6.07, 6.45) is 0. The number of nitrogens with one attached hydrogen (secondary N) is 1. The van der Waals surface area contributed by atoms with Crippen molar-refractivity contribution >= 4 is 21.6 Å². The van der Waals surface area contributed by atoms with Crippen molar-refractivity contribution in [1.82, 2.24) is 0 Å². The number of nitriles is 2. The molecule has 1 N–H and O–H groups in total. The van der Waals surface area contributed by atoms with Crippen molar-refractivity contribution in [1.29, 1.82) is 10.5 Å². The predicted molar refractivity (Wildman–Crippen MR) is 77.3 cm³/mol. The molecule has 0 aliphatic rings. The summed E-state index contributed by atoms with van der Waals surface area (Å²) in [6, 6.07) is 18.4. The second-order valence-electron chi connectivity index (χ2n) is 3.92. The molecule has 2 aromatic carbocycles. The van der Waals surface area contributed by atoms with E-state index in [1.165, 1.54) is 0 Å². The van der Waals surface area contributed by atoms with E-state index in [2.05, 4.69) is 33.4 Å². The van der Waals surface area contributed by atoms with Crippen molar-refractivity contribution in [2.24, 2.45) is 0 Å². The first-order valence-corrected chi connectivity index (χ1v) is 6.44. The van der Waals surface area contributed by atoms with E-state index in [4.69, 9.17) is 5.26 Å². The molecule has 0 saturated heterocycles. The average Bonchev–Trinajstić information content (AvgIpc) is 2.45. The van der Waals surface area contributed by atoms with Gasteiger partial charge >= 0.3 is 0 Å². The van der Waals surface area contributed by atoms with Gasteiger partial charge in [0.05, 0.1) is 17.7 Å². The van der Waals surface area contributed by atoms with Gasteiger partial charge in [0.25, 0.3) is 0 Å². The zero-order valence-electron chi connectivity index (χ0n) is 9.97. The molecule has 0 aliphatic heterocycles. The fourth-order valence-electron chi connectivity index (χ4n) is 1.78. The summed E-state index contributed by atoms with van der Waals surface area (Å²) >= 11 is 3.38. The second-order valence-corrected chi connectivity index (χ2v) is 4.83. The predicted octanol–water partition coefficient (Wildman–Crippen LogP) is 4.00. The third kappa shape index (κ3) is 3.13. The maximum atomic E-state index is 9.30. The first kappa shape index (κ1) is 13.1. The maximum Gasteiger partial charge on any atom is 0.141 e. The molecule has 0 bridgehead atoms. The lowest BCUT2D eigenvalue weighted by atomic mass is 10.0. The Balaban J connectivity index is 2.32. The van der Waals surface area contributed by atoms with Crippen LogP contribution >= 0.6 is 15.9 Å². The largest absolute Gasteiger partial charge is 0.366 e. The monoisotopic (exact) mass is 311 g/mol. The van der Waals surface area contributed by atoms with Crippen LogP contribution in [0, 0.1) is 22.7 Å². The fraction of sp³-hybridized carbons (Fsp3) is 0.0667. The van der Waals surface area contributed by atoms with Crippen LogP contribution in [0.2, 0.25) is 0 Å². The number of rotatable bonds is 3. The summed E-state index contributed by atoms with van der Waals surface area (Å²) in [7, 11) is 0. The Labute approximate surface area is 120 Å². The van der Waals surface area contributed by atoms with Crippen LogP contribution in [-0.4, -0.2) is 0 Å². The Morgan fingerprint density at radius 1 is 1.05 bits per heavy atom. The lowest BCUT2D eigenvalue weighted by Crippen LogP contribution is -2.10. The Kier molecular flexibility index (Phi) is 4.18. The third-order valence-corrected chi connectivity index (χ3v) is 3.15. The van der Waals surface area contributed by atoms with Gasteiger partial charge in [-0.15, -0.1) is 0 Å². The lowest BCUT2D eigenvalue weighted by Gasteiger charge is -2.14. The molecule has 0 saturated carbocycles. The molecule has 0 aromatic heterocycles. The highest BCUT2D eigenvalue weighted by Gasteiger charge is 2.14. The van der Waals surface area contributed by atoms with Crippen LogP contribution in [0.15, 0.2) is 53.0 Å². The highest BCUT2D eigenvalue weighted by atomic mass is 79.9. The van der Waals surface area contributed by atoms with E-state index in [-0.39, 0.29) is 0 Å².